The molecule has 0 saturated carbocycles. The van der Waals surface area contributed by atoms with E-state index in [1.165, 1.54) is 0 Å². The molecule has 0 bridgehead atoms. The third kappa shape index (κ3) is 3.46. The average molecular weight is 384 g/mol. The fourth-order valence-electron chi connectivity index (χ4n) is 2.93. The second-order valence-corrected chi connectivity index (χ2v) is 6.85. The van der Waals surface area contributed by atoms with Gasteiger partial charge in [0.15, 0.2) is 5.82 Å². The van der Waals surface area contributed by atoms with Crippen molar-refractivity contribution >= 4 is 28.4 Å². The van der Waals surface area contributed by atoms with E-state index in [1.807, 2.05) is 43.6 Å². The van der Waals surface area contributed by atoms with Crippen LogP contribution in [0.3, 0.4) is 0 Å². The summed E-state index contributed by atoms with van der Waals surface area (Å²) >= 11 is 6.02. The van der Waals surface area contributed by atoms with Crippen molar-refractivity contribution in [3.05, 3.63) is 59.1 Å². The fraction of sp³-hybridized carbons (Fsp3) is 0.211. The second kappa shape index (κ2) is 6.92. The number of halogens is 1. The Kier molecular flexibility index (Phi) is 4.45. The van der Waals surface area contributed by atoms with Gasteiger partial charge in [-0.2, -0.15) is 4.98 Å². The Morgan fingerprint density at radius 3 is 2.96 bits per heavy atom. The highest BCUT2D eigenvalue weighted by Crippen LogP contribution is 2.25. The molecule has 0 aliphatic carbocycles. The zero-order chi connectivity index (χ0) is 19.0. The number of carbonyl (C=O) groups excluding carboxylic acids is 1. The summed E-state index contributed by atoms with van der Waals surface area (Å²) < 4.78 is 7.16. The first-order valence-electron chi connectivity index (χ1n) is 8.49. The number of aryl methyl sites for hydroxylation is 1. The van der Waals surface area contributed by atoms with Crippen LogP contribution in [0.1, 0.15) is 16.3 Å². The van der Waals surface area contributed by atoms with Crippen molar-refractivity contribution in [3.8, 4) is 11.6 Å². The molecule has 0 unspecified atom stereocenters. The number of aromatic amines is 1. The Hall–Kier alpha value is -3.06. The first-order valence-corrected chi connectivity index (χ1v) is 8.87. The van der Waals surface area contributed by atoms with E-state index in [-0.39, 0.29) is 5.91 Å². The summed E-state index contributed by atoms with van der Waals surface area (Å²) in [5, 5.41) is 5.67. The van der Waals surface area contributed by atoms with Crippen molar-refractivity contribution in [1.82, 2.24) is 24.6 Å². The van der Waals surface area contributed by atoms with Crippen LogP contribution in [0.15, 0.2) is 47.1 Å². The van der Waals surface area contributed by atoms with Crippen LogP contribution in [0.5, 0.6) is 0 Å². The minimum Gasteiger partial charge on any atom is -0.351 e. The number of amides is 1. The maximum Gasteiger partial charge on any atom is 0.274 e. The van der Waals surface area contributed by atoms with Gasteiger partial charge < -0.3 is 19.0 Å². The molecule has 27 heavy (non-hydrogen) atoms. The van der Waals surface area contributed by atoms with Gasteiger partial charge in [-0.15, -0.1) is 0 Å². The van der Waals surface area contributed by atoms with Crippen molar-refractivity contribution in [1.29, 1.82) is 0 Å². The topological polar surface area (TPSA) is 80.0 Å². The molecule has 0 spiro atoms. The van der Waals surface area contributed by atoms with Crippen LogP contribution in [0.25, 0.3) is 22.5 Å². The van der Waals surface area contributed by atoms with Crippen LogP contribution < -0.4 is 0 Å². The Labute approximate surface area is 160 Å². The molecule has 0 saturated heterocycles. The number of likely N-dealkylation sites (N-methyl/N-ethyl adjacent to an activating group) is 1. The predicted octanol–water partition coefficient (Wildman–Crippen LogP) is 3.52. The lowest BCUT2D eigenvalue weighted by Gasteiger charge is -2.16. The molecule has 0 radical (unpaired) electrons. The quantitative estimate of drug-likeness (QED) is 0.571. The third-order valence-corrected chi connectivity index (χ3v) is 4.70. The number of aromatic nitrogens is 4. The fourth-order valence-corrected chi connectivity index (χ4v) is 3.11. The van der Waals surface area contributed by atoms with Crippen molar-refractivity contribution < 1.29 is 9.32 Å². The summed E-state index contributed by atoms with van der Waals surface area (Å²) in [6.07, 6.45) is 2.35. The molecule has 0 aliphatic rings. The van der Waals surface area contributed by atoms with Crippen LogP contribution in [0.4, 0.5) is 0 Å². The molecule has 4 aromatic rings. The highest BCUT2D eigenvalue weighted by atomic mass is 35.5. The monoisotopic (exact) mass is 383 g/mol. The summed E-state index contributed by atoms with van der Waals surface area (Å²) in [5.41, 5.74) is 2.32. The van der Waals surface area contributed by atoms with Gasteiger partial charge in [-0.1, -0.05) is 16.8 Å². The van der Waals surface area contributed by atoms with Gasteiger partial charge >= 0.3 is 0 Å². The van der Waals surface area contributed by atoms with Gasteiger partial charge in [-0.25, -0.2) is 0 Å². The van der Waals surface area contributed by atoms with Crippen molar-refractivity contribution in [2.24, 2.45) is 7.05 Å². The van der Waals surface area contributed by atoms with Crippen LogP contribution in [0, 0.1) is 0 Å². The normalized spacial score (nSPS) is 11.2. The second-order valence-electron chi connectivity index (χ2n) is 6.41. The molecule has 4 rings (SSSR count). The highest BCUT2D eigenvalue weighted by Gasteiger charge is 2.16. The molecular weight excluding hydrogens is 366 g/mol. The van der Waals surface area contributed by atoms with Gasteiger partial charge in [0.2, 0.25) is 0 Å². The molecule has 0 fully saturated rings. The van der Waals surface area contributed by atoms with Crippen LogP contribution >= 0.6 is 11.6 Å². The molecular formula is C19H18ClN5O2. The summed E-state index contributed by atoms with van der Waals surface area (Å²) in [6.45, 7) is 0.491. The number of nitrogens with one attached hydrogen (secondary N) is 1. The van der Waals surface area contributed by atoms with E-state index >= 15 is 0 Å². The van der Waals surface area contributed by atoms with Crippen molar-refractivity contribution in [3.63, 3.8) is 0 Å². The van der Waals surface area contributed by atoms with Crippen LogP contribution in [0.2, 0.25) is 5.02 Å². The number of hydrogen-bond donors (Lipinski definition) is 1. The van der Waals surface area contributed by atoms with Gasteiger partial charge in [0.25, 0.3) is 11.8 Å². The minimum absolute atomic E-state index is 0.0429. The Bertz CT molecular complexity index is 1110. The Morgan fingerprint density at radius 2 is 2.19 bits per heavy atom. The Morgan fingerprint density at radius 1 is 1.33 bits per heavy atom. The average Bonchev–Trinajstić information content (AvgIpc) is 3.37. The molecule has 0 atom stereocenters. The molecule has 7 nitrogen and oxygen atoms in total. The number of benzene rings is 1. The predicted molar refractivity (Wildman–Crippen MR) is 103 cm³/mol. The van der Waals surface area contributed by atoms with E-state index in [9.17, 15) is 4.79 Å². The van der Waals surface area contributed by atoms with E-state index in [2.05, 4.69) is 15.1 Å². The molecule has 8 heteroatoms. The lowest BCUT2D eigenvalue weighted by Crippen LogP contribution is -2.30. The summed E-state index contributed by atoms with van der Waals surface area (Å²) in [5.74, 6) is 0.917. The van der Waals surface area contributed by atoms with Crippen molar-refractivity contribution in [2.75, 3.05) is 13.6 Å². The van der Waals surface area contributed by atoms with E-state index in [0.29, 0.717) is 35.4 Å². The van der Waals surface area contributed by atoms with Gasteiger partial charge in [0.05, 0.1) is 0 Å². The number of fused-ring (bicyclic) bond motifs is 1. The number of nitrogens with zero attached hydrogens (tertiary/aromatic N) is 4. The number of rotatable bonds is 5. The number of H-pyrrole nitrogens is 1. The van der Waals surface area contributed by atoms with Crippen LogP contribution in [-0.2, 0) is 13.5 Å². The maximum absolute atomic E-state index is 12.4. The molecule has 3 heterocycles. The first kappa shape index (κ1) is 17.4. The zero-order valence-corrected chi connectivity index (χ0v) is 15.7. The molecule has 1 N–H and O–H groups in total. The minimum atomic E-state index is -0.0429. The maximum atomic E-state index is 12.4. The smallest absolute Gasteiger partial charge is 0.274 e. The molecule has 1 amide bonds. The zero-order valence-electron chi connectivity index (χ0n) is 14.9. The summed E-state index contributed by atoms with van der Waals surface area (Å²) in [7, 11) is 3.61. The van der Waals surface area contributed by atoms with Crippen LogP contribution in [-0.4, -0.2) is 44.1 Å². The molecule has 0 aliphatic heterocycles. The highest BCUT2D eigenvalue weighted by molar-refractivity contribution is 6.31. The lowest BCUT2D eigenvalue weighted by atomic mass is 10.2. The van der Waals surface area contributed by atoms with Gasteiger partial charge in [0, 0.05) is 49.2 Å². The van der Waals surface area contributed by atoms with Crippen molar-refractivity contribution in [2.45, 2.75) is 6.42 Å². The SMILES string of the molecule is CN(CCc1noc(-c2cc3cc(Cl)ccc3[nH]2)n1)C(=O)c1cccn1C. The van der Waals surface area contributed by atoms with E-state index in [4.69, 9.17) is 16.1 Å². The van der Waals surface area contributed by atoms with Gasteiger partial charge in [-0.05, 0) is 36.4 Å². The summed E-state index contributed by atoms with van der Waals surface area (Å²) in [4.78, 5) is 21.7. The lowest BCUT2D eigenvalue weighted by molar-refractivity contribution is 0.0786. The van der Waals surface area contributed by atoms with Gasteiger partial charge in [0.1, 0.15) is 11.4 Å². The first-order chi connectivity index (χ1) is 13.0. The number of carbonyl (C=O) groups is 1. The largest absolute Gasteiger partial charge is 0.351 e. The molecule has 1 aromatic carbocycles. The molecule has 138 valence electrons. The van der Waals surface area contributed by atoms with E-state index < -0.39 is 0 Å². The summed E-state index contributed by atoms with van der Waals surface area (Å²) in [6, 6.07) is 11.2. The Balaban J connectivity index is 1.44. The van der Waals surface area contributed by atoms with E-state index in [1.54, 1.807) is 22.6 Å². The van der Waals surface area contributed by atoms with E-state index in [0.717, 1.165) is 16.6 Å². The number of hydrogen-bond acceptors (Lipinski definition) is 4. The molecule has 3 aromatic heterocycles. The standard InChI is InChI=1S/C19H18ClN5O2/c1-24-8-3-4-16(24)19(26)25(2)9-7-17-22-18(27-23-17)15-11-12-10-13(20)5-6-14(12)21-15/h3-6,8,10-11,21H,7,9H2,1-2H3. The third-order valence-electron chi connectivity index (χ3n) is 4.46. The van der Waals surface area contributed by atoms with Gasteiger partial charge in [-0.3, -0.25) is 4.79 Å².